The molecule has 198 valence electrons. The Bertz CT molecular complexity index is 1100. The predicted molar refractivity (Wildman–Crippen MR) is 134 cm³/mol. The van der Waals surface area contributed by atoms with Crippen molar-refractivity contribution in [1.82, 2.24) is 14.1 Å². The fourth-order valence-corrected chi connectivity index (χ4v) is 6.86. The van der Waals surface area contributed by atoms with Crippen molar-refractivity contribution in [3.8, 4) is 5.75 Å². The summed E-state index contributed by atoms with van der Waals surface area (Å²) in [5.74, 6) is 0.341. The molecule has 9 nitrogen and oxygen atoms in total. The lowest BCUT2D eigenvalue weighted by Gasteiger charge is -2.38. The van der Waals surface area contributed by atoms with Crippen LogP contribution in [-0.4, -0.2) is 93.1 Å². The van der Waals surface area contributed by atoms with Gasteiger partial charge in [0, 0.05) is 31.6 Å². The molecule has 3 aliphatic heterocycles. The van der Waals surface area contributed by atoms with E-state index >= 15 is 0 Å². The van der Waals surface area contributed by atoms with Crippen molar-refractivity contribution >= 4 is 21.9 Å². The van der Waals surface area contributed by atoms with Crippen molar-refractivity contribution in [3.05, 3.63) is 29.3 Å². The van der Waals surface area contributed by atoms with Gasteiger partial charge in [0.05, 0.1) is 24.9 Å². The zero-order chi connectivity index (χ0) is 25.5. The van der Waals surface area contributed by atoms with Gasteiger partial charge < -0.3 is 19.3 Å². The minimum Gasteiger partial charge on any atom is -0.488 e. The molecule has 1 aliphatic carbocycles. The minimum atomic E-state index is -3.20. The SMILES string of the molecule is CN(CCN1CCCCC1)C(=O)C1CCC2(CC1)OC(=O)c1cc(OC3CN(S(C)(=O)=O)C3)ccc12. The fraction of sp³-hybridized carbons (Fsp3) is 0.692. The highest BCUT2D eigenvalue weighted by Crippen LogP contribution is 2.49. The molecule has 0 atom stereocenters. The second kappa shape index (κ2) is 9.95. The van der Waals surface area contributed by atoms with Crippen molar-refractivity contribution in [3.63, 3.8) is 0 Å². The van der Waals surface area contributed by atoms with Crippen LogP contribution >= 0.6 is 0 Å². The summed E-state index contributed by atoms with van der Waals surface area (Å²) in [6.07, 6.45) is 7.42. The molecular formula is C26H37N3O6S. The van der Waals surface area contributed by atoms with E-state index in [0.717, 1.165) is 31.7 Å². The van der Waals surface area contributed by atoms with E-state index < -0.39 is 15.6 Å². The van der Waals surface area contributed by atoms with Gasteiger partial charge in [-0.05, 0) is 63.7 Å². The van der Waals surface area contributed by atoms with E-state index in [4.69, 9.17) is 9.47 Å². The van der Waals surface area contributed by atoms with Crippen LogP contribution in [0.1, 0.15) is 60.9 Å². The first-order chi connectivity index (χ1) is 17.1. The van der Waals surface area contributed by atoms with Crippen LogP contribution in [0.3, 0.4) is 0 Å². The predicted octanol–water partition coefficient (Wildman–Crippen LogP) is 2.21. The van der Waals surface area contributed by atoms with E-state index in [1.165, 1.54) is 29.8 Å². The number of carbonyl (C=O) groups is 2. The molecule has 1 saturated carbocycles. The molecule has 4 aliphatic rings. The number of rotatable bonds is 7. The second-order valence-corrected chi connectivity index (χ2v) is 12.8. The van der Waals surface area contributed by atoms with Gasteiger partial charge in [0.25, 0.3) is 0 Å². The van der Waals surface area contributed by atoms with Gasteiger partial charge in [0.1, 0.15) is 17.5 Å². The van der Waals surface area contributed by atoms with Gasteiger partial charge in [-0.2, -0.15) is 4.31 Å². The summed E-state index contributed by atoms with van der Waals surface area (Å²) in [6, 6.07) is 5.44. The number of benzene rings is 1. The Morgan fingerprint density at radius 1 is 1.17 bits per heavy atom. The van der Waals surface area contributed by atoms with Gasteiger partial charge in [-0.3, -0.25) is 4.79 Å². The summed E-state index contributed by atoms with van der Waals surface area (Å²) in [5.41, 5.74) is 0.711. The number of piperidine rings is 1. The molecule has 0 bridgehead atoms. The third kappa shape index (κ3) is 5.13. The Labute approximate surface area is 213 Å². The molecule has 1 spiro atoms. The van der Waals surface area contributed by atoms with E-state index in [2.05, 4.69) is 4.90 Å². The summed E-state index contributed by atoms with van der Waals surface area (Å²) in [4.78, 5) is 30.2. The molecule has 1 aromatic carbocycles. The fourth-order valence-electron chi connectivity index (χ4n) is 5.99. The van der Waals surface area contributed by atoms with Crippen molar-refractivity contribution in [2.75, 3.05) is 52.6 Å². The van der Waals surface area contributed by atoms with E-state index in [-0.39, 0.29) is 23.9 Å². The van der Waals surface area contributed by atoms with E-state index in [1.807, 2.05) is 24.1 Å². The number of nitrogens with zero attached hydrogens (tertiary/aromatic N) is 3. The first-order valence-electron chi connectivity index (χ1n) is 13.1. The largest absolute Gasteiger partial charge is 0.488 e. The van der Waals surface area contributed by atoms with Gasteiger partial charge in [0.15, 0.2) is 0 Å². The monoisotopic (exact) mass is 519 g/mol. The number of amides is 1. The van der Waals surface area contributed by atoms with Gasteiger partial charge in [-0.25, -0.2) is 13.2 Å². The van der Waals surface area contributed by atoms with Crippen molar-refractivity contribution in [2.45, 2.75) is 56.7 Å². The van der Waals surface area contributed by atoms with Gasteiger partial charge >= 0.3 is 5.97 Å². The average molecular weight is 520 g/mol. The molecular weight excluding hydrogens is 482 g/mol. The number of carbonyl (C=O) groups excluding carboxylic acids is 2. The second-order valence-electron chi connectivity index (χ2n) is 10.8. The highest BCUT2D eigenvalue weighted by molar-refractivity contribution is 7.88. The van der Waals surface area contributed by atoms with Crippen LogP contribution < -0.4 is 4.74 Å². The third-order valence-corrected chi connectivity index (χ3v) is 9.53. The summed E-state index contributed by atoms with van der Waals surface area (Å²) < 4.78 is 36.3. The lowest BCUT2D eigenvalue weighted by molar-refractivity contribution is -0.137. The lowest BCUT2D eigenvalue weighted by Crippen LogP contribution is -2.55. The Morgan fingerprint density at radius 2 is 1.86 bits per heavy atom. The quantitative estimate of drug-likeness (QED) is 0.510. The number of fused-ring (bicyclic) bond motifs is 2. The average Bonchev–Trinajstić information content (AvgIpc) is 3.10. The smallest absolute Gasteiger partial charge is 0.339 e. The highest BCUT2D eigenvalue weighted by atomic mass is 32.2. The molecule has 0 radical (unpaired) electrons. The Kier molecular flexibility index (Phi) is 7.04. The molecule has 36 heavy (non-hydrogen) atoms. The zero-order valence-electron chi connectivity index (χ0n) is 21.3. The molecule has 0 aromatic heterocycles. The number of esters is 1. The molecule has 1 amide bonds. The maximum atomic E-state index is 13.1. The summed E-state index contributed by atoms with van der Waals surface area (Å²) >= 11 is 0. The van der Waals surface area contributed by atoms with Crippen molar-refractivity contribution < 1.29 is 27.5 Å². The standard InChI is InChI=1S/C26H37N3O6S/c1-27(14-15-28-12-4-3-5-13-28)24(30)19-8-10-26(11-9-19)23-7-6-20(16-22(23)25(31)35-26)34-21-17-29(18-21)36(2,32)33/h6-7,16,19,21H,3-5,8-15,17-18H2,1-2H3. The first kappa shape index (κ1) is 25.5. The molecule has 0 N–H and O–H groups in total. The Balaban J connectivity index is 1.16. The van der Waals surface area contributed by atoms with Gasteiger partial charge in [-0.15, -0.1) is 0 Å². The number of sulfonamides is 1. The number of likely N-dealkylation sites (N-methyl/N-ethyl adjacent to an activating group) is 1. The molecule has 2 saturated heterocycles. The summed E-state index contributed by atoms with van der Waals surface area (Å²) in [7, 11) is -1.30. The normalized spacial score (nSPS) is 27.4. The summed E-state index contributed by atoms with van der Waals surface area (Å²) in [5, 5.41) is 0. The van der Waals surface area contributed by atoms with E-state index in [9.17, 15) is 18.0 Å². The molecule has 3 heterocycles. The first-order valence-corrected chi connectivity index (χ1v) is 15.0. The number of hydrogen-bond donors (Lipinski definition) is 0. The number of hydrogen-bond acceptors (Lipinski definition) is 7. The molecule has 10 heteroatoms. The van der Waals surface area contributed by atoms with Crippen LogP contribution in [0.15, 0.2) is 18.2 Å². The van der Waals surface area contributed by atoms with E-state index in [0.29, 0.717) is 50.1 Å². The maximum absolute atomic E-state index is 13.1. The van der Waals surface area contributed by atoms with Crippen LogP contribution in [0.4, 0.5) is 0 Å². The molecule has 5 rings (SSSR count). The minimum absolute atomic E-state index is 0.0382. The molecule has 3 fully saturated rings. The topological polar surface area (TPSA) is 96.5 Å². The highest BCUT2D eigenvalue weighted by Gasteiger charge is 2.49. The van der Waals surface area contributed by atoms with E-state index in [1.54, 1.807) is 6.07 Å². The van der Waals surface area contributed by atoms with Gasteiger partial charge in [0.2, 0.25) is 15.9 Å². The van der Waals surface area contributed by atoms with Crippen LogP contribution in [0.5, 0.6) is 5.75 Å². The Morgan fingerprint density at radius 3 is 2.53 bits per heavy atom. The van der Waals surface area contributed by atoms with Crippen LogP contribution in [0, 0.1) is 5.92 Å². The lowest BCUT2D eigenvalue weighted by atomic mass is 9.74. The van der Waals surface area contributed by atoms with Crippen molar-refractivity contribution in [1.29, 1.82) is 0 Å². The zero-order valence-corrected chi connectivity index (χ0v) is 22.1. The van der Waals surface area contributed by atoms with Crippen LogP contribution in [0.2, 0.25) is 0 Å². The molecule has 1 aromatic rings. The van der Waals surface area contributed by atoms with Gasteiger partial charge in [-0.1, -0.05) is 12.5 Å². The van der Waals surface area contributed by atoms with Crippen LogP contribution in [-0.2, 0) is 25.2 Å². The van der Waals surface area contributed by atoms with Crippen molar-refractivity contribution in [2.24, 2.45) is 5.92 Å². The number of ether oxygens (including phenoxy) is 2. The Hall–Kier alpha value is -2.17. The number of likely N-dealkylation sites (tertiary alicyclic amines) is 1. The maximum Gasteiger partial charge on any atom is 0.339 e. The van der Waals surface area contributed by atoms with Crippen LogP contribution in [0.25, 0.3) is 0 Å². The molecule has 0 unspecified atom stereocenters. The third-order valence-electron chi connectivity index (χ3n) is 8.30. The summed E-state index contributed by atoms with van der Waals surface area (Å²) in [6.45, 7) is 4.57.